The maximum absolute atomic E-state index is 12.7. The number of hydrogen-bond acceptors (Lipinski definition) is 6. The van der Waals surface area contributed by atoms with Gasteiger partial charge in [-0.25, -0.2) is 0 Å². The molecule has 140 valence electrons. The summed E-state index contributed by atoms with van der Waals surface area (Å²) in [7, 11) is 0. The van der Waals surface area contributed by atoms with Crippen molar-refractivity contribution in [3.05, 3.63) is 42.1 Å². The van der Waals surface area contributed by atoms with Crippen LogP contribution in [0.3, 0.4) is 0 Å². The maximum atomic E-state index is 12.7. The van der Waals surface area contributed by atoms with Gasteiger partial charge >= 0.3 is 0 Å². The second-order valence-corrected chi connectivity index (χ2v) is 6.40. The van der Waals surface area contributed by atoms with Gasteiger partial charge in [0.25, 0.3) is 5.91 Å². The molecule has 1 amide bonds. The molecule has 1 aromatic heterocycles. The molecule has 1 unspecified atom stereocenters. The van der Waals surface area contributed by atoms with Gasteiger partial charge < -0.3 is 15.4 Å². The number of likely N-dealkylation sites (tertiary alicyclic amines) is 1. The largest absolute Gasteiger partial charge is 0.493 e. The molecule has 2 aromatic rings. The Kier molecular flexibility index (Phi) is 5.71. The summed E-state index contributed by atoms with van der Waals surface area (Å²) in [6.45, 7) is 1.23. The second-order valence-electron chi connectivity index (χ2n) is 6.40. The van der Waals surface area contributed by atoms with E-state index in [1.165, 1.54) is 6.20 Å². The molecule has 0 bridgehead atoms. The lowest BCUT2D eigenvalue weighted by Crippen LogP contribution is -2.44. The molecule has 1 aliphatic rings. The van der Waals surface area contributed by atoms with E-state index in [2.05, 4.69) is 5.10 Å². The molecular weight excluding hydrogens is 346 g/mol. The summed E-state index contributed by atoms with van der Waals surface area (Å²) in [5, 5.41) is 12.9. The zero-order chi connectivity index (χ0) is 19.2. The van der Waals surface area contributed by atoms with Crippen molar-refractivity contribution < 1.29 is 14.3 Å². The van der Waals surface area contributed by atoms with E-state index >= 15 is 0 Å². The van der Waals surface area contributed by atoms with E-state index in [-0.39, 0.29) is 42.1 Å². The Balaban J connectivity index is 1.55. The third-order valence-electron chi connectivity index (χ3n) is 4.59. The minimum Gasteiger partial charge on any atom is -0.493 e. The van der Waals surface area contributed by atoms with Crippen LogP contribution >= 0.6 is 0 Å². The monoisotopic (exact) mass is 367 g/mol. The molecule has 1 aromatic carbocycles. The Morgan fingerprint density at radius 2 is 2.11 bits per heavy atom. The Morgan fingerprint density at radius 3 is 2.81 bits per heavy atom. The molecule has 8 heteroatoms. The molecule has 2 heterocycles. The maximum Gasteiger partial charge on any atom is 0.253 e. The van der Waals surface area contributed by atoms with Gasteiger partial charge in [-0.05, 0) is 25.0 Å². The molecule has 1 saturated heterocycles. The standard InChI is InChI=1S/C19H21N5O3/c20-11-15-12-22-24(18(15)21)19(26)14-5-4-9-23(13-14)17(25)8-10-27-16-6-2-1-3-7-16/h1-3,6-7,12,14H,4-5,8-10,13,21H2. The van der Waals surface area contributed by atoms with Crippen LogP contribution in [-0.2, 0) is 4.79 Å². The highest BCUT2D eigenvalue weighted by Crippen LogP contribution is 2.21. The van der Waals surface area contributed by atoms with E-state index in [9.17, 15) is 9.59 Å². The molecule has 1 atom stereocenters. The number of nitrogens with two attached hydrogens (primary N) is 1. The fourth-order valence-electron chi connectivity index (χ4n) is 3.13. The predicted molar refractivity (Wildman–Crippen MR) is 97.8 cm³/mol. The van der Waals surface area contributed by atoms with Gasteiger partial charge in [0.05, 0.1) is 25.1 Å². The van der Waals surface area contributed by atoms with Crippen molar-refractivity contribution in [1.82, 2.24) is 14.7 Å². The summed E-state index contributed by atoms with van der Waals surface area (Å²) < 4.78 is 6.63. The van der Waals surface area contributed by atoms with Crippen LogP contribution in [0, 0.1) is 17.2 Å². The fourth-order valence-corrected chi connectivity index (χ4v) is 3.13. The van der Waals surface area contributed by atoms with Crippen LogP contribution in [-0.4, -0.2) is 46.2 Å². The normalized spacial score (nSPS) is 16.6. The molecule has 1 aliphatic heterocycles. The van der Waals surface area contributed by atoms with Crippen molar-refractivity contribution >= 4 is 17.6 Å². The van der Waals surface area contributed by atoms with Crippen molar-refractivity contribution in [1.29, 1.82) is 5.26 Å². The number of amides is 1. The molecule has 27 heavy (non-hydrogen) atoms. The first-order valence-electron chi connectivity index (χ1n) is 8.83. The van der Waals surface area contributed by atoms with Crippen LogP contribution in [0.5, 0.6) is 5.75 Å². The molecule has 0 saturated carbocycles. The van der Waals surface area contributed by atoms with E-state index in [0.29, 0.717) is 19.5 Å². The third kappa shape index (κ3) is 4.26. The quantitative estimate of drug-likeness (QED) is 0.860. The van der Waals surface area contributed by atoms with E-state index in [1.807, 2.05) is 36.4 Å². The first-order chi connectivity index (χ1) is 13.1. The topological polar surface area (TPSA) is 114 Å². The molecule has 0 spiro atoms. The predicted octanol–water partition coefficient (Wildman–Crippen LogP) is 1.68. The molecule has 8 nitrogen and oxygen atoms in total. The third-order valence-corrected chi connectivity index (χ3v) is 4.59. The lowest BCUT2D eigenvalue weighted by Gasteiger charge is -2.32. The Bertz CT molecular complexity index is 856. The van der Waals surface area contributed by atoms with E-state index < -0.39 is 0 Å². The van der Waals surface area contributed by atoms with Crippen LogP contribution < -0.4 is 10.5 Å². The second kappa shape index (κ2) is 8.36. The van der Waals surface area contributed by atoms with E-state index in [0.717, 1.165) is 16.9 Å². The fraction of sp³-hybridized carbons (Fsp3) is 0.368. The number of para-hydroxylation sites is 1. The molecular formula is C19H21N5O3. The molecule has 2 N–H and O–H groups in total. The summed E-state index contributed by atoms with van der Waals surface area (Å²) in [5.41, 5.74) is 5.97. The number of benzene rings is 1. The number of piperidine rings is 1. The zero-order valence-electron chi connectivity index (χ0n) is 14.9. The summed E-state index contributed by atoms with van der Waals surface area (Å²) >= 11 is 0. The van der Waals surface area contributed by atoms with Gasteiger partial charge in [0.1, 0.15) is 23.2 Å². The lowest BCUT2D eigenvalue weighted by atomic mass is 9.97. The molecule has 1 fully saturated rings. The van der Waals surface area contributed by atoms with Gasteiger partial charge in [-0.3, -0.25) is 9.59 Å². The van der Waals surface area contributed by atoms with Crippen molar-refractivity contribution in [2.24, 2.45) is 5.92 Å². The molecule has 3 rings (SSSR count). The lowest BCUT2D eigenvalue weighted by molar-refractivity contribution is -0.133. The number of hydrogen-bond donors (Lipinski definition) is 1. The van der Waals surface area contributed by atoms with Gasteiger partial charge in [-0.15, -0.1) is 0 Å². The zero-order valence-corrected chi connectivity index (χ0v) is 14.9. The molecule has 0 aliphatic carbocycles. The smallest absolute Gasteiger partial charge is 0.253 e. The number of nitrogen functional groups attached to an aromatic ring is 1. The van der Waals surface area contributed by atoms with Crippen molar-refractivity contribution in [2.75, 3.05) is 25.4 Å². The Labute approximate surface area is 157 Å². The average Bonchev–Trinajstić information content (AvgIpc) is 3.08. The molecule has 0 radical (unpaired) electrons. The van der Waals surface area contributed by atoms with E-state index in [4.69, 9.17) is 15.7 Å². The van der Waals surface area contributed by atoms with Crippen molar-refractivity contribution in [3.8, 4) is 11.8 Å². The van der Waals surface area contributed by atoms with Gasteiger partial charge in [0.15, 0.2) is 0 Å². The summed E-state index contributed by atoms with van der Waals surface area (Å²) in [5.74, 6) is 0.0507. The average molecular weight is 367 g/mol. The first kappa shape index (κ1) is 18.5. The highest BCUT2D eigenvalue weighted by atomic mass is 16.5. The number of ether oxygens (including phenoxy) is 1. The summed E-state index contributed by atoms with van der Waals surface area (Å²) in [6, 6.07) is 11.2. The number of carbonyl (C=O) groups is 2. The minimum absolute atomic E-state index is 0.0437. The number of nitrogens with zero attached hydrogens (tertiary/aromatic N) is 4. The summed E-state index contributed by atoms with van der Waals surface area (Å²) in [6.07, 6.45) is 2.91. The highest BCUT2D eigenvalue weighted by molar-refractivity contribution is 5.85. The highest BCUT2D eigenvalue weighted by Gasteiger charge is 2.30. The Morgan fingerprint density at radius 1 is 1.33 bits per heavy atom. The van der Waals surface area contributed by atoms with Crippen LogP contribution in [0.4, 0.5) is 5.82 Å². The SMILES string of the molecule is N#Cc1cnn(C(=O)C2CCCN(C(=O)CCOc3ccccc3)C2)c1N. The number of aromatic nitrogens is 2. The Hall–Kier alpha value is -3.34. The van der Waals surface area contributed by atoms with Crippen LogP contribution in [0.15, 0.2) is 36.5 Å². The minimum atomic E-state index is -0.383. The number of nitriles is 1. The van der Waals surface area contributed by atoms with Crippen LogP contribution in [0.2, 0.25) is 0 Å². The number of rotatable bonds is 5. The van der Waals surface area contributed by atoms with Crippen molar-refractivity contribution in [3.63, 3.8) is 0 Å². The summed E-state index contributed by atoms with van der Waals surface area (Å²) in [4.78, 5) is 26.8. The van der Waals surface area contributed by atoms with Gasteiger partial charge in [0, 0.05) is 13.1 Å². The van der Waals surface area contributed by atoms with Crippen LogP contribution in [0.1, 0.15) is 29.6 Å². The first-order valence-corrected chi connectivity index (χ1v) is 8.83. The van der Waals surface area contributed by atoms with Gasteiger partial charge in [0.2, 0.25) is 5.91 Å². The van der Waals surface area contributed by atoms with Crippen LogP contribution in [0.25, 0.3) is 0 Å². The number of carbonyl (C=O) groups excluding carboxylic acids is 2. The van der Waals surface area contributed by atoms with Crippen molar-refractivity contribution in [2.45, 2.75) is 19.3 Å². The van der Waals surface area contributed by atoms with E-state index in [1.54, 1.807) is 4.90 Å². The van der Waals surface area contributed by atoms with Gasteiger partial charge in [-0.2, -0.15) is 15.0 Å². The van der Waals surface area contributed by atoms with Gasteiger partial charge in [-0.1, -0.05) is 18.2 Å². The number of anilines is 1.